The van der Waals surface area contributed by atoms with Crippen LogP contribution in [0.2, 0.25) is 0 Å². The van der Waals surface area contributed by atoms with Crippen molar-refractivity contribution in [3.63, 3.8) is 0 Å². The summed E-state index contributed by atoms with van der Waals surface area (Å²) in [4.78, 5) is 0. The van der Waals surface area contributed by atoms with E-state index in [4.69, 9.17) is 5.26 Å². The van der Waals surface area contributed by atoms with E-state index in [9.17, 15) is 18.3 Å². The minimum atomic E-state index is -4.81. The van der Waals surface area contributed by atoms with E-state index in [-0.39, 0.29) is 23.5 Å². The monoisotopic (exact) mass is 336 g/mol. The van der Waals surface area contributed by atoms with Gasteiger partial charge in [-0.05, 0) is 36.7 Å². The van der Waals surface area contributed by atoms with Crippen LogP contribution in [-0.2, 0) is 13.0 Å². The maximum absolute atomic E-state index is 12.5. The number of para-hydroxylation sites is 1. The van der Waals surface area contributed by atoms with Gasteiger partial charge in [0.1, 0.15) is 11.5 Å². The third kappa shape index (κ3) is 5.18. The first kappa shape index (κ1) is 17.6. The number of nitriles is 1. The van der Waals surface area contributed by atoms with Gasteiger partial charge in [0.25, 0.3) is 0 Å². The molecule has 0 aliphatic rings. The van der Waals surface area contributed by atoms with Crippen LogP contribution >= 0.6 is 0 Å². The van der Waals surface area contributed by atoms with Crippen molar-refractivity contribution >= 4 is 0 Å². The Kier molecular flexibility index (Phi) is 5.66. The lowest BCUT2D eigenvalue weighted by Crippen LogP contribution is -2.20. The minimum Gasteiger partial charge on any atom is -0.508 e. The van der Waals surface area contributed by atoms with Gasteiger partial charge in [0.2, 0.25) is 0 Å². The van der Waals surface area contributed by atoms with E-state index in [1.807, 2.05) is 0 Å². The van der Waals surface area contributed by atoms with Gasteiger partial charge >= 0.3 is 6.36 Å². The number of hydrogen-bond donors (Lipinski definition) is 2. The lowest BCUT2D eigenvalue weighted by Gasteiger charge is -2.14. The van der Waals surface area contributed by atoms with E-state index < -0.39 is 6.36 Å². The molecule has 0 saturated carbocycles. The summed E-state index contributed by atoms with van der Waals surface area (Å²) in [7, 11) is 0. The summed E-state index contributed by atoms with van der Waals surface area (Å²) in [6.45, 7) is 0.771. The Morgan fingerprint density at radius 2 is 1.88 bits per heavy atom. The first-order valence-corrected chi connectivity index (χ1v) is 7.15. The molecule has 24 heavy (non-hydrogen) atoms. The van der Waals surface area contributed by atoms with Crippen molar-refractivity contribution in [2.24, 2.45) is 0 Å². The Labute approximate surface area is 137 Å². The van der Waals surface area contributed by atoms with E-state index in [0.29, 0.717) is 24.2 Å². The molecule has 0 bridgehead atoms. The van der Waals surface area contributed by atoms with Gasteiger partial charge in [-0.1, -0.05) is 24.3 Å². The third-order valence-electron chi connectivity index (χ3n) is 3.30. The van der Waals surface area contributed by atoms with E-state index in [1.165, 1.54) is 12.1 Å². The number of phenols is 1. The fourth-order valence-corrected chi connectivity index (χ4v) is 2.16. The highest BCUT2D eigenvalue weighted by Gasteiger charge is 2.32. The predicted octanol–water partition coefficient (Wildman–Crippen LogP) is 3.49. The number of phenolic OH excluding ortho intramolecular Hbond substituents is 1. The average Bonchev–Trinajstić information content (AvgIpc) is 2.52. The molecule has 126 valence electrons. The van der Waals surface area contributed by atoms with Crippen LogP contribution in [0, 0.1) is 11.3 Å². The number of aromatic hydroxyl groups is 1. The molecular formula is C17H15F3N2O2. The minimum absolute atomic E-state index is 0.0974. The van der Waals surface area contributed by atoms with Crippen molar-refractivity contribution in [1.82, 2.24) is 5.32 Å². The zero-order valence-corrected chi connectivity index (χ0v) is 12.6. The molecule has 2 rings (SSSR count). The van der Waals surface area contributed by atoms with Crippen molar-refractivity contribution in [2.45, 2.75) is 19.3 Å². The molecular weight excluding hydrogens is 321 g/mol. The summed E-state index contributed by atoms with van der Waals surface area (Å²) in [6, 6.07) is 12.6. The molecule has 4 nitrogen and oxygen atoms in total. The van der Waals surface area contributed by atoms with E-state index in [2.05, 4.69) is 10.1 Å². The number of hydrogen-bond acceptors (Lipinski definition) is 4. The van der Waals surface area contributed by atoms with Crippen molar-refractivity contribution in [1.29, 1.82) is 5.26 Å². The SMILES string of the molecule is N#Cc1ccc(CCNCc2ccccc2O)c(OC(F)(F)F)c1. The number of rotatable bonds is 6. The topological polar surface area (TPSA) is 65.3 Å². The second kappa shape index (κ2) is 7.70. The molecule has 0 aliphatic heterocycles. The molecule has 0 aliphatic carbocycles. The van der Waals surface area contributed by atoms with E-state index in [0.717, 1.165) is 6.07 Å². The van der Waals surface area contributed by atoms with Gasteiger partial charge in [0, 0.05) is 12.1 Å². The van der Waals surface area contributed by atoms with Crippen LogP contribution in [0.15, 0.2) is 42.5 Å². The number of nitrogens with zero attached hydrogens (tertiary/aromatic N) is 1. The van der Waals surface area contributed by atoms with Crippen LogP contribution in [-0.4, -0.2) is 18.0 Å². The van der Waals surface area contributed by atoms with Gasteiger partial charge < -0.3 is 15.2 Å². The molecule has 2 aromatic carbocycles. The molecule has 2 N–H and O–H groups in total. The molecule has 0 atom stereocenters. The number of alkyl halides is 3. The van der Waals surface area contributed by atoms with Crippen LogP contribution < -0.4 is 10.1 Å². The molecule has 0 unspecified atom stereocenters. The molecule has 0 spiro atoms. The maximum atomic E-state index is 12.5. The summed E-state index contributed by atoms with van der Waals surface area (Å²) >= 11 is 0. The van der Waals surface area contributed by atoms with Crippen molar-refractivity contribution in [3.8, 4) is 17.6 Å². The van der Waals surface area contributed by atoms with Crippen LogP contribution in [0.3, 0.4) is 0 Å². The number of benzene rings is 2. The van der Waals surface area contributed by atoms with Crippen LogP contribution in [0.5, 0.6) is 11.5 Å². The summed E-state index contributed by atoms with van der Waals surface area (Å²) in [5.41, 5.74) is 1.14. The number of ether oxygens (including phenoxy) is 1. The number of halogens is 3. The lowest BCUT2D eigenvalue weighted by molar-refractivity contribution is -0.274. The van der Waals surface area contributed by atoms with E-state index in [1.54, 1.807) is 30.3 Å². The summed E-state index contributed by atoms with van der Waals surface area (Å²) in [5, 5.41) is 21.5. The summed E-state index contributed by atoms with van der Waals surface area (Å²) in [6.07, 6.45) is -4.53. The summed E-state index contributed by atoms with van der Waals surface area (Å²) < 4.78 is 41.4. The normalized spacial score (nSPS) is 11.1. The van der Waals surface area contributed by atoms with Crippen molar-refractivity contribution in [2.75, 3.05) is 6.54 Å². The molecule has 0 fully saturated rings. The Morgan fingerprint density at radius 3 is 2.54 bits per heavy atom. The van der Waals surface area contributed by atoms with Gasteiger partial charge in [0.15, 0.2) is 0 Å². The van der Waals surface area contributed by atoms with Crippen molar-refractivity contribution in [3.05, 3.63) is 59.2 Å². The fraction of sp³-hybridized carbons (Fsp3) is 0.235. The van der Waals surface area contributed by atoms with Gasteiger partial charge in [-0.3, -0.25) is 0 Å². The highest BCUT2D eigenvalue weighted by molar-refractivity contribution is 5.42. The first-order chi connectivity index (χ1) is 11.4. The van der Waals surface area contributed by atoms with E-state index >= 15 is 0 Å². The maximum Gasteiger partial charge on any atom is 0.573 e. The number of nitrogens with one attached hydrogen (secondary N) is 1. The van der Waals surface area contributed by atoms with Crippen LogP contribution in [0.1, 0.15) is 16.7 Å². The second-order valence-corrected chi connectivity index (χ2v) is 5.04. The predicted molar refractivity (Wildman–Crippen MR) is 81.4 cm³/mol. The molecule has 2 aromatic rings. The Balaban J connectivity index is 1.99. The van der Waals surface area contributed by atoms with Crippen molar-refractivity contribution < 1.29 is 23.0 Å². The Hall–Kier alpha value is -2.72. The Morgan fingerprint density at radius 1 is 1.12 bits per heavy atom. The smallest absolute Gasteiger partial charge is 0.508 e. The third-order valence-corrected chi connectivity index (χ3v) is 3.30. The van der Waals surface area contributed by atoms with Crippen LogP contribution in [0.4, 0.5) is 13.2 Å². The quantitative estimate of drug-likeness (QED) is 0.793. The molecule has 0 saturated heterocycles. The van der Waals surface area contributed by atoms with Gasteiger partial charge in [-0.2, -0.15) is 5.26 Å². The molecule has 0 aromatic heterocycles. The highest BCUT2D eigenvalue weighted by Crippen LogP contribution is 2.27. The van der Waals surface area contributed by atoms with Gasteiger partial charge in [-0.15, -0.1) is 13.2 Å². The lowest BCUT2D eigenvalue weighted by atomic mass is 10.1. The molecule has 0 amide bonds. The standard InChI is InChI=1S/C17H15F3N2O2/c18-17(19,20)24-16-9-12(10-21)5-6-13(16)7-8-22-11-14-3-1-2-4-15(14)23/h1-6,9,22-23H,7-8,11H2. The summed E-state index contributed by atoms with van der Waals surface area (Å²) in [5.74, 6) is -0.213. The average molecular weight is 336 g/mol. The largest absolute Gasteiger partial charge is 0.573 e. The highest BCUT2D eigenvalue weighted by atomic mass is 19.4. The molecule has 0 heterocycles. The van der Waals surface area contributed by atoms with Gasteiger partial charge in [-0.25, -0.2) is 0 Å². The van der Waals surface area contributed by atoms with Gasteiger partial charge in [0.05, 0.1) is 11.6 Å². The molecule has 0 radical (unpaired) electrons. The Bertz CT molecular complexity index is 739. The fourth-order valence-electron chi connectivity index (χ4n) is 2.16. The zero-order valence-electron chi connectivity index (χ0n) is 12.6. The first-order valence-electron chi connectivity index (χ1n) is 7.15. The second-order valence-electron chi connectivity index (χ2n) is 5.04. The van der Waals surface area contributed by atoms with Crippen LogP contribution in [0.25, 0.3) is 0 Å². The molecule has 7 heteroatoms. The zero-order chi connectivity index (χ0) is 17.6.